The monoisotopic (exact) mass is 416 g/mol. The van der Waals surface area contributed by atoms with Gasteiger partial charge in [0.25, 0.3) is 5.91 Å². The second-order valence-electron chi connectivity index (χ2n) is 7.54. The first-order valence-corrected chi connectivity index (χ1v) is 11.5. The third kappa shape index (κ3) is 3.87. The van der Waals surface area contributed by atoms with E-state index in [0.717, 1.165) is 47.7 Å². The molecule has 30 heavy (non-hydrogen) atoms. The van der Waals surface area contributed by atoms with Gasteiger partial charge in [0, 0.05) is 66.4 Å². The van der Waals surface area contributed by atoms with Crippen LogP contribution in [-0.2, 0) is 6.42 Å². The largest absolute Gasteiger partial charge is 0.369 e. The fourth-order valence-electron chi connectivity index (χ4n) is 4.05. The van der Waals surface area contributed by atoms with E-state index < -0.39 is 0 Å². The number of amides is 1. The summed E-state index contributed by atoms with van der Waals surface area (Å²) in [5, 5.41) is 2.90. The third-order valence-electron chi connectivity index (χ3n) is 5.62. The highest BCUT2D eigenvalue weighted by Gasteiger charge is 2.20. The highest BCUT2D eigenvalue weighted by molar-refractivity contribution is 7.99. The molecule has 1 amide bonds. The van der Waals surface area contributed by atoms with E-state index >= 15 is 0 Å². The number of hydrogen-bond acceptors (Lipinski definition) is 4. The van der Waals surface area contributed by atoms with Crippen LogP contribution in [0.4, 0.5) is 5.69 Å². The van der Waals surface area contributed by atoms with E-state index in [4.69, 9.17) is 0 Å². The fourth-order valence-corrected chi connectivity index (χ4v) is 4.95. The second kappa shape index (κ2) is 8.40. The number of aromatic amines is 1. The maximum Gasteiger partial charge on any atom is 0.253 e. The number of nitrogens with one attached hydrogen (secondary N) is 2. The van der Waals surface area contributed by atoms with E-state index in [1.165, 1.54) is 22.8 Å². The number of para-hydroxylation sites is 1. The maximum atomic E-state index is 12.1. The van der Waals surface area contributed by atoms with E-state index in [2.05, 4.69) is 62.7 Å². The Balaban J connectivity index is 1.41. The van der Waals surface area contributed by atoms with Gasteiger partial charge in [-0.2, -0.15) is 11.8 Å². The Kier molecular flexibility index (Phi) is 5.32. The summed E-state index contributed by atoms with van der Waals surface area (Å²) in [6.45, 7) is 2.87. The number of anilines is 1. The molecule has 1 saturated heterocycles. The Labute approximate surface area is 180 Å². The van der Waals surface area contributed by atoms with E-state index in [1.807, 2.05) is 30.1 Å². The molecule has 2 aliphatic rings. The van der Waals surface area contributed by atoms with Crippen molar-refractivity contribution in [3.63, 3.8) is 0 Å². The number of aromatic nitrogens is 2. The van der Waals surface area contributed by atoms with Crippen LogP contribution < -0.4 is 10.2 Å². The lowest BCUT2D eigenvalue weighted by atomic mass is 10.1. The predicted octanol–water partition coefficient (Wildman–Crippen LogP) is 4.09. The van der Waals surface area contributed by atoms with Crippen LogP contribution in [0.2, 0.25) is 0 Å². The zero-order chi connectivity index (χ0) is 20.3. The molecular formula is C24H24N4OS. The predicted molar refractivity (Wildman–Crippen MR) is 125 cm³/mol. The van der Waals surface area contributed by atoms with Crippen molar-refractivity contribution < 1.29 is 4.79 Å². The number of benzene rings is 1. The molecule has 0 saturated carbocycles. The zero-order valence-corrected chi connectivity index (χ0v) is 17.5. The number of thioether (sulfide) groups is 1. The maximum absolute atomic E-state index is 12.1. The Morgan fingerprint density at radius 3 is 2.80 bits per heavy atom. The first-order chi connectivity index (χ1) is 14.8. The van der Waals surface area contributed by atoms with Gasteiger partial charge in [-0.05, 0) is 35.9 Å². The van der Waals surface area contributed by atoms with Gasteiger partial charge in [0.2, 0.25) is 0 Å². The molecule has 2 aromatic heterocycles. The highest BCUT2D eigenvalue weighted by Crippen LogP contribution is 2.27. The van der Waals surface area contributed by atoms with Crippen LogP contribution in [0, 0.1) is 0 Å². The first kappa shape index (κ1) is 19.0. The molecule has 5 rings (SSSR count). The molecule has 1 fully saturated rings. The summed E-state index contributed by atoms with van der Waals surface area (Å²) in [4.78, 5) is 22.5. The molecule has 2 N–H and O–H groups in total. The number of carbonyl (C=O) groups is 1. The number of H-pyrrole nitrogens is 1. The van der Waals surface area contributed by atoms with Crippen molar-refractivity contribution in [3.05, 3.63) is 71.2 Å². The van der Waals surface area contributed by atoms with Crippen LogP contribution in [0.3, 0.4) is 0 Å². The molecule has 0 unspecified atom stereocenters. The molecule has 0 aliphatic carbocycles. The number of fused-ring (bicyclic) bond motifs is 1. The summed E-state index contributed by atoms with van der Waals surface area (Å²) in [7, 11) is 0. The van der Waals surface area contributed by atoms with Crippen LogP contribution in [0.25, 0.3) is 23.4 Å². The Morgan fingerprint density at radius 2 is 1.93 bits per heavy atom. The Bertz CT molecular complexity index is 1100. The lowest BCUT2D eigenvalue weighted by molar-refractivity contribution is 0.0946. The summed E-state index contributed by atoms with van der Waals surface area (Å²) in [5.74, 6) is 2.36. The van der Waals surface area contributed by atoms with Crippen LogP contribution in [0.1, 0.15) is 27.3 Å². The van der Waals surface area contributed by atoms with Gasteiger partial charge in [0.15, 0.2) is 0 Å². The van der Waals surface area contributed by atoms with Crippen LogP contribution in [0.5, 0.6) is 0 Å². The van der Waals surface area contributed by atoms with E-state index in [1.54, 1.807) is 0 Å². The molecule has 5 nitrogen and oxygen atoms in total. The van der Waals surface area contributed by atoms with Crippen molar-refractivity contribution >= 4 is 35.5 Å². The molecule has 4 heterocycles. The van der Waals surface area contributed by atoms with Gasteiger partial charge < -0.3 is 15.2 Å². The quantitative estimate of drug-likeness (QED) is 0.673. The zero-order valence-electron chi connectivity index (χ0n) is 16.7. The minimum Gasteiger partial charge on any atom is -0.369 e. The van der Waals surface area contributed by atoms with E-state index in [9.17, 15) is 4.79 Å². The van der Waals surface area contributed by atoms with Gasteiger partial charge in [-0.1, -0.05) is 24.3 Å². The van der Waals surface area contributed by atoms with Crippen molar-refractivity contribution in [3.8, 4) is 11.3 Å². The van der Waals surface area contributed by atoms with Crippen LogP contribution >= 0.6 is 11.8 Å². The van der Waals surface area contributed by atoms with Crippen molar-refractivity contribution in [1.29, 1.82) is 0 Å². The number of pyridine rings is 1. The molecule has 0 atom stereocenters. The van der Waals surface area contributed by atoms with Gasteiger partial charge in [0.1, 0.15) is 0 Å². The molecular weight excluding hydrogens is 392 g/mol. The fraction of sp³-hybridized carbons (Fsp3) is 0.250. The van der Waals surface area contributed by atoms with Crippen LogP contribution in [-0.4, -0.2) is 47.0 Å². The molecule has 0 bridgehead atoms. The van der Waals surface area contributed by atoms with Crippen molar-refractivity contribution in [2.75, 3.05) is 36.0 Å². The average Bonchev–Trinajstić information content (AvgIpc) is 3.25. The molecule has 2 aliphatic heterocycles. The van der Waals surface area contributed by atoms with E-state index in [-0.39, 0.29) is 5.91 Å². The molecule has 0 spiro atoms. The number of nitrogens with zero attached hydrogens (tertiary/aromatic N) is 2. The van der Waals surface area contributed by atoms with Gasteiger partial charge >= 0.3 is 0 Å². The van der Waals surface area contributed by atoms with Gasteiger partial charge in [-0.25, -0.2) is 0 Å². The molecule has 0 radical (unpaired) electrons. The lowest BCUT2D eigenvalue weighted by Gasteiger charge is -2.29. The minimum atomic E-state index is 0.000597. The summed E-state index contributed by atoms with van der Waals surface area (Å²) in [6, 6.07) is 14.5. The Hall–Kier alpha value is -2.99. The van der Waals surface area contributed by atoms with Gasteiger partial charge in [-0.15, -0.1) is 0 Å². The van der Waals surface area contributed by atoms with Crippen molar-refractivity contribution in [2.45, 2.75) is 6.42 Å². The number of rotatable bonds is 4. The number of carbonyl (C=O) groups excluding carboxylic acids is 1. The van der Waals surface area contributed by atoms with Crippen LogP contribution in [0.15, 0.2) is 48.7 Å². The Morgan fingerprint density at radius 1 is 1.07 bits per heavy atom. The third-order valence-corrected chi connectivity index (χ3v) is 6.56. The molecule has 1 aromatic carbocycles. The normalized spacial score (nSPS) is 16.5. The summed E-state index contributed by atoms with van der Waals surface area (Å²) < 4.78 is 0. The standard InChI is InChI=1S/C24H24N4OS/c29-24-20-16-22(27-21(20)8-10-26-24)18-7-9-25-19(15-18)6-5-17-3-1-2-4-23(17)28-11-13-30-14-12-28/h1-7,9,15-16,27H,8,10-14H2,(H,26,29)/b6-5+. The SMILES string of the molecule is O=C1NCCc2[nH]c(-c3ccnc(/C=C/c4ccccc4N4CCSCC4)c3)cc21. The van der Waals surface area contributed by atoms with E-state index in [0.29, 0.717) is 6.54 Å². The second-order valence-corrected chi connectivity index (χ2v) is 8.77. The summed E-state index contributed by atoms with van der Waals surface area (Å²) >= 11 is 2.02. The molecule has 3 aromatic rings. The molecule has 6 heteroatoms. The topological polar surface area (TPSA) is 61.0 Å². The average molecular weight is 417 g/mol. The van der Waals surface area contributed by atoms with Gasteiger partial charge in [-0.3, -0.25) is 9.78 Å². The number of hydrogen-bond donors (Lipinski definition) is 2. The molecule has 152 valence electrons. The van der Waals surface area contributed by atoms with Crippen molar-refractivity contribution in [2.24, 2.45) is 0 Å². The summed E-state index contributed by atoms with van der Waals surface area (Å²) in [6.07, 6.45) is 6.88. The summed E-state index contributed by atoms with van der Waals surface area (Å²) in [5.41, 5.74) is 7.15. The smallest absolute Gasteiger partial charge is 0.253 e. The highest BCUT2D eigenvalue weighted by atomic mass is 32.2. The minimum absolute atomic E-state index is 0.000597. The lowest BCUT2D eigenvalue weighted by Crippen LogP contribution is -2.32. The van der Waals surface area contributed by atoms with Gasteiger partial charge in [0.05, 0.1) is 11.3 Å². The van der Waals surface area contributed by atoms with Crippen molar-refractivity contribution in [1.82, 2.24) is 15.3 Å². The first-order valence-electron chi connectivity index (χ1n) is 10.3.